The predicted molar refractivity (Wildman–Crippen MR) is 96.3 cm³/mol. The molecule has 4 heteroatoms. The molecule has 2 aromatic rings. The summed E-state index contributed by atoms with van der Waals surface area (Å²) in [6, 6.07) is 14.4. The van der Waals surface area contributed by atoms with Gasteiger partial charge in [-0.25, -0.2) is 0 Å². The van der Waals surface area contributed by atoms with Gasteiger partial charge in [0.25, 0.3) is 0 Å². The molecule has 0 aliphatic carbocycles. The Balaban J connectivity index is 2.06. The molecular formula is C17H19BrClNS. The second kappa shape index (κ2) is 7.19. The summed E-state index contributed by atoms with van der Waals surface area (Å²) in [5.41, 5.74) is 1.39. The van der Waals surface area contributed by atoms with Gasteiger partial charge in [0, 0.05) is 31.4 Å². The van der Waals surface area contributed by atoms with Crippen molar-refractivity contribution < 1.29 is 0 Å². The maximum atomic E-state index is 5.91. The van der Waals surface area contributed by atoms with Crippen molar-refractivity contribution in [3.8, 4) is 0 Å². The van der Waals surface area contributed by atoms with E-state index >= 15 is 0 Å². The van der Waals surface area contributed by atoms with Crippen molar-refractivity contribution in [1.29, 1.82) is 0 Å². The van der Waals surface area contributed by atoms with Gasteiger partial charge < -0.3 is 5.32 Å². The maximum Gasteiger partial charge on any atom is 0.0406 e. The van der Waals surface area contributed by atoms with E-state index in [-0.39, 0.29) is 5.54 Å². The predicted octanol–water partition coefficient (Wildman–Crippen LogP) is 6.14. The molecule has 0 spiro atoms. The molecular weight excluding hydrogens is 366 g/mol. The van der Waals surface area contributed by atoms with Crippen LogP contribution in [0, 0.1) is 0 Å². The van der Waals surface area contributed by atoms with Crippen molar-refractivity contribution in [1.82, 2.24) is 5.32 Å². The van der Waals surface area contributed by atoms with Gasteiger partial charge in [-0.05, 0) is 62.7 Å². The van der Waals surface area contributed by atoms with Gasteiger partial charge >= 0.3 is 0 Å². The van der Waals surface area contributed by atoms with Crippen LogP contribution in [-0.4, -0.2) is 5.54 Å². The minimum absolute atomic E-state index is 0.121. The molecule has 0 saturated carbocycles. The van der Waals surface area contributed by atoms with Crippen molar-refractivity contribution in [3.63, 3.8) is 0 Å². The van der Waals surface area contributed by atoms with E-state index < -0.39 is 0 Å². The molecule has 0 saturated heterocycles. The summed E-state index contributed by atoms with van der Waals surface area (Å²) in [6.45, 7) is 7.37. The van der Waals surface area contributed by atoms with Crippen LogP contribution in [0.25, 0.3) is 0 Å². The highest BCUT2D eigenvalue weighted by Crippen LogP contribution is 2.31. The summed E-state index contributed by atoms with van der Waals surface area (Å²) in [5, 5.41) is 4.27. The van der Waals surface area contributed by atoms with Gasteiger partial charge in [-0.2, -0.15) is 0 Å². The number of hydrogen-bond acceptors (Lipinski definition) is 2. The zero-order valence-electron chi connectivity index (χ0n) is 12.4. The zero-order valence-corrected chi connectivity index (χ0v) is 15.6. The summed E-state index contributed by atoms with van der Waals surface area (Å²) in [4.78, 5) is 2.40. The number of hydrogen-bond donors (Lipinski definition) is 1. The van der Waals surface area contributed by atoms with E-state index in [1.807, 2.05) is 24.3 Å². The van der Waals surface area contributed by atoms with Crippen molar-refractivity contribution in [3.05, 3.63) is 57.5 Å². The molecule has 0 fully saturated rings. The average molecular weight is 385 g/mol. The van der Waals surface area contributed by atoms with Gasteiger partial charge in [0.15, 0.2) is 0 Å². The number of halogens is 2. The molecule has 0 unspecified atom stereocenters. The fourth-order valence-corrected chi connectivity index (χ4v) is 3.39. The van der Waals surface area contributed by atoms with Crippen LogP contribution in [0.15, 0.2) is 56.7 Å². The largest absolute Gasteiger partial charge is 0.308 e. The number of rotatable bonds is 4. The Morgan fingerprint density at radius 3 is 2.24 bits per heavy atom. The van der Waals surface area contributed by atoms with Crippen LogP contribution >= 0.6 is 39.3 Å². The van der Waals surface area contributed by atoms with Gasteiger partial charge in [0.1, 0.15) is 0 Å². The molecule has 1 N–H and O–H groups in total. The van der Waals surface area contributed by atoms with Gasteiger partial charge in [-0.15, -0.1) is 0 Å². The minimum Gasteiger partial charge on any atom is -0.308 e. The molecule has 0 radical (unpaired) electrons. The van der Waals surface area contributed by atoms with Crippen LogP contribution in [-0.2, 0) is 6.54 Å². The lowest BCUT2D eigenvalue weighted by atomic mass is 10.1. The van der Waals surface area contributed by atoms with E-state index in [4.69, 9.17) is 11.6 Å². The van der Waals surface area contributed by atoms with E-state index in [1.54, 1.807) is 11.8 Å². The molecule has 0 heterocycles. The van der Waals surface area contributed by atoms with Gasteiger partial charge in [-0.3, -0.25) is 0 Å². The molecule has 0 aliphatic rings. The summed E-state index contributed by atoms with van der Waals surface area (Å²) in [5.74, 6) is 0. The van der Waals surface area contributed by atoms with E-state index in [9.17, 15) is 0 Å². The third-order valence-corrected chi connectivity index (χ3v) is 4.87. The highest BCUT2D eigenvalue weighted by Gasteiger charge is 2.10. The molecule has 112 valence electrons. The van der Waals surface area contributed by atoms with E-state index in [2.05, 4.69) is 60.2 Å². The fourth-order valence-electron chi connectivity index (χ4n) is 1.73. The normalized spacial score (nSPS) is 11.7. The molecule has 0 aliphatic heterocycles. The summed E-state index contributed by atoms with van der Waals surface area (Å²) >= 11 is 11.3. The Morgan fingerprint density at radius 2 is 1.67 bits per heavy atom. The van der Waals surface area contributed by atoms with Crippen LogP contribution in [0.3, 0.4) is 0 Å². The fraction of sp³-hybridized carbons (Fsp3) is 0.294. The highest BCUT2D eigenvalue weighted by atomic mass is 79.9. The quantitative estimate of drug-likeness (QED) is 0.679. The number of nitrogens with one attached hydrogen (secondary N) is 1. The lowest BCUT2D eigenvalue weighted by Gasteiger charge is -2.21. The third-order valence-electron chi connectivity index (χ3n) is 2.88. The molecule has 0 atom stereocenters. The van der Waals surface area contributed by atoms with Crippen LogP contribution in [0.5, 0.6) is 0 Å². The first kappa shape index (κ1) is 16.9. The van der Waals surface area contributed by atoms with E-state index in [0.29, 0.717) is 0 Å². The SMILES string of the molecule is CC(C)(C)NCc1ccc(Sc2ccc(Cl)cc2)cc1Br. The first-order chi connectivity index (χ1) is 9.83. The lowest BCUT2D eigenvalue weighted by molar-refractivity contribution is 0.424. The second-order valence-electron chi connectivity index (χ2n) is 5.91. The Bertz CT molecular complexity index is 605. The topological polar surface area (TPSA) is 12.0 Å². The van der Waals surface area contributed by atoms with Crippen molar-refractivity contribution in [2.24, 2.45) is 0 Å². The van der Waals surface area contributed by atoms with Gasteiger partial charge in [0.05, 0.1) is 0 Å². The zero-order chi connectivity index (χ0) is 15.5. The minimum atomic E-state index is 0.121. The Hall–Kier alpha value is -0.480. The molecule has 0 bridgehead atoms. The standard InChI is InChI=1S/C17H19BrClNS/c1-17(2,3)20-11-12-4-7-15(10-16(12)18)21-14-8-5-13(19)6-9-14/h4-10,20H,11H2,1-3H3. The Morgan fingerprint density at radius 1 is 1.05 bits per heavy atom. The van der Waals surface area contributed by atoms with E-state index in [1.165, 1.54) is 15.4 Å². The average Bonchev–Trinajstić information content (AvgIpc) is 2.39. The molecule has 1 nitrogen and oxygen atoms in total. The number of benzene rings is 2. The second-order valence-corrected chi connectivity index (χ2v) is 8.35. The summed E-state index contributed by atoms with van der Waals surface area (Å²) in [7, 11) is 0. The molecule has 2 rings (SSSR count). The van der Waals surface area contributed by atoms with E-state index in [0.717, 1.165) is 16.0 Å². The van der Waals surface area contributed by atoms with Crippen LogP contribution in [0.2, 0.25) is 5.02 Å². The first-order valence-electron chi connectivity index (χ1n) is 6.80. The Kier molecular flexibility index (Phi) is 5.78. The van der Waals surface area contributed by atoms with Crippen LogP contribution in [0.4, 0.5) is 0 Å². The molecule has 0 aromatic heterocycles. The summed E-state index contributed by atoms with van der Waals surface area (Å²) < 4.78 is 1.14. The smallest absolute Gasteiger partial charge is 0.0406 e. The van der Waals surface area contributed by atoms with Crippen molar-refractivity contribution >= 4 is 39.3 Å². The lowest BCUT2D eigenvalue weighted by Crippen LogP contribution is -2.35. The molecule has 2 aromatic carbocycles. The summed E-state index contributed by atoms with van der Waals surface area (Å²) in [6.07, 6.45) is 0. The third kappa shape index (κ3) is 5.67. The van der Waals surface area contributed by atoms with Crippen molar-refractivity contribution in [2.45, 2.75) is 42.6 Å². The molecule has 0 amide bonds. The maximum absolute atomic E-state index is 5.91. The Labute approximate surface area is 144 Å². The van der Waals surface area contributed by atoms with Crippen molar-refractivity contribution in [2.75, 3.05) is 0 Å². The van der Waals surface area contributed by atoms with Gasteiger partial charge in [-0.1, -0.05) is 45.4 Å². The highest BCUT2D eigenvalue weighted by molar-refractivity contribution is 9.10. The molecule has 21 heavy (non-hydrogen) atoms. The van der Waals surface area contributed by atoms with Crippen LogP contribution in [0.1, 0.15) is 26.3 Å². The first-order valence-corrected chi connectivity index (χ1v) is 8.79. The monoisotopic (exact) mass is 383 g/mol. The van der Waals surface area contributed by atoms with Gasteiger partial charge in [0.2, 0.25) is 0 Å². The van der Waals surface area contributed by atoms with Crippen LogP contribution < -0.4 is 5.32 Å².